The first-order valence-corrected chi connectivity index (χ1v) is 4.74. The van der Waals surface area contributed by atoms with E-state index in [4.69, 9.17) is 5.11 Å². The number of hydrogen-bond donors (Lipinski definition) is 2. The van der Waals surface area contributed by atoms with Crippen molar-refractivity contribution in [1.29, 1.82) is 0 Å². The summed E-state index contributed by atoms with van der Waals surface area (Å²) in [5.41, 5.74) is 1.17. The van der Waals surface area contributed by atoms with Crippen LogP contribution in [0.15, 0.2) is 18.2 Å². The molecule has 16 heavy (non-hydrogen) atoms. The number of nitrogens with one attached hydrogen (secondary N) is 1. The molecule has 1 aromatic rings. The number of aromatic carboxylic acids is 1. The maximum atomic E-state index is 11.0. The molecule has 0 atom stereocenters. The average molecular weight is 222 g/mol. The van der Waals surface area contributed by atoms with Gasteiger partial charge in [0.2, 0.25) is 5.91 Å². The Labute approximate surface area is 93.7 Å². The van der Waals surface area contributed by atoms with Gasteiger partial charge in [-0.15, -0.1) is 0 Å². The maximum Gasteiger partial charge on any atom is 0.337 e. The van der Waals surface area contributed by atoms with Gasteiger partial charge in [0.05, 0.1) is 11.3 Å². The highest BCUT2D eigenvalue weighted by Gasteiger charge is 2.12. The molecule has 0 aromatic heterocycles. The van der Waals surface area contributed by atoms with E-state index in [2.05, 4.69) is 5.32 Å². The van der Waals surface area contributed by atoms with Gasteiger partial charge in [-0.1, -0.05) is 0 Å². The van der Waals surface area contributed by atoms with Gasteiger partial charge in [-0.25, -0.2) is 4.79 Å². The van der Waals surface area contributed by atoms with Crippen molar-refractivity contribution in [2.75, 3.05) is 24.3 Å². The first-order chi connectivity index (χ1) is 7.41. The summed E-state index contributed by atoms with van der Waals surface area (Å²) in [7, 11) is 3.64. The standard InChI is InChI=1S/C11H14N2O3/c1-7(14)12-10-5-4-8(13(2)3)6-9(10)11(15)16/h4-6H,1-3H3,(H,12,14)(H,15,16). The quantitative estimate of drug-likeness (QED) is 0.811. The SMILES string of the molecule is CC(=O)Nc1ccc(N(C)C)cc1C(=O)O. The van der Waals surface area contributed by atoms with Gasteiger partial charge in [0.1, 0.15) is 0 Å². The second-order valence-electron chi connectivity index (χ2n) is 3.61. The molecule has 0 bridgehead atoms. The Hall–Kier alpha value is -2.04. The molecule has 0 saturated heterocycles. The predicted molar refractivity (Wildman–Crippen MR) is 62.0 cm³/mol. The Balaban J connectivity index is 3.19. The van der Waals surface area contributed by atoms with E-state index in [1.54, 1.807) is 17.0 Å². The van der Waals surface area contributed by atoms with Gasteiger partial charge in [-0.2, -0.15) is 0 Å². The van der Waals surface area contributed by atoms with Gasteiger partial charge >= 0.3 is 5.97 Å². The van der Waals surface area contributed by atoms with Gasteiger partial charge in [0.25, 0.3) is 0 Å². The van der Waals surface area contributed by atoms with E-state index in [9.17, 15) is 9.59 Å². The van der Waals surface area contributed by atoms with Gasteiger partial charge in [-0.05, 0) is 18.2 Å². The van der Waals surface area contributed by atoms with Crippen molar-refractivity contribution < 1.29 is 14.7 Å². The molecule has 0 aliphatic rings. The van der Waals surface area contributed by atoms with Crippen molar-refractivity contribution in [2.24, 2.45) is 0 Å². The summed E-state index contributed by atoms with van der Waals surface area (Å²) in [4.78, 5) is 23.7. The Morgan fingerprint density at radius 1 is 1.31 bits per heavy atom. The van der Waals surface area contributed by atoms with Crippen molar-refractivity contribution >= 4 is 23.3 Å². The van der Waals surface area contributed by atoms with Crippen molar-refractivity contribution in [3.8, 4) is 0 Å². The smallest absolute Gasteiger partial charge is 0.337 e. The minimum Gasteiger partial charge on any atom is -0.478 e. The van der Waals surface area contributed by atoms with Crippen molar-refractivity contribution in [3.05, 3.63) is 23.8 Å². The topological polar surface area (TPSA) is 69.6 Å². The summed E-state index contributed by atoms with van der Waals surface area (Å²) >= 11 is 0. The normalized spacial score (nSPS) is 9.69. The first-order valence-electron chi connectivity index (χ1n) is 4.74. The molecular weight excluding hydrogens is 208 g/mol. The molecule has 5 heteroatoms. The monoisotopic (exact) mass is 222 g/mol. The van der Waals surface area contributed by atoms with Crippen LogP contribution in [0.4, 0.5) is 11.4 Å². The second kappa shape index (κ2) is 4.65. The van der Waals surface area contributed by atoms with Gasteiger partial charge in [0, 0.05) is 26.7 Å². The Morgan fingerprint density at radius 3 is 2.38 bits per heavy atom. The molecule has 0 aliphatic heterocycles. The number of rotatable bonds is 3. The lowest BCUT2D eigenvalue weighted by Crippen LogP contribution is -2.13. The highest BCUT2D eigenvalue weighted by molar-refractivity contribution is 6.00. The van der Waals surface area contributed by atoms with Crippen molar-refractivity contribution in [2.45, 2.75) is 6.92 Å². The largest absolute Gasteiger partial charge is 0.478 e. The second-order valence-corrected chi connectivity index (χ2v) is 3.61. The predicted octanol–water partition coefficient (Wildman–Crippen LogP) is 1.41. The number of benzene rings is 1. The average Bonchev–Trinajstić information content (AvgIpc) is 2.16. The van der Waals surface area contributed by atoms with Crippen molar-refractivity contribution in [3.63, 3.8) is 0 Å². The summed E-state index contributed by atoms with van der Waals surface area (Å²) in [5, 5.41) is 11.5. The van der Waals surface area contributed by atoms with E-state index in [1.165, 1.54) is 13.0 Å². The molecule has 0 saturated carbocycles. The third-order valence-corrected chi connectivity index (χ3v) is 2.06. The molecule has 0 radical (unpaired) electrons. The Kier molecular flexibility index (Phi) is 3.50. The zero-order valence-corrected chi connectivity index (χ0v) is 9.44. The molecule has 1 aromatic carbocycles. The first kappa shape index (κ1) is 12.0. The van der Waals surface area contributed by atoms with E-state index in [-0.39, 0.29) is 11.5 Å². The van der Waals surface area contributed by atoms with Crippen LogP contribution in [0.3, 0.4) is 0 Å². The summed E-state index contributed by atoms with van der Waals surface area (Å²) in [6, 6.07) is 4.85. The molecule has 0 fully saturated rings. The van der Waals surface area contributed by atoms with Crippen LogP contribution in [0.25, 0.3) is 0 Å². The number of anilines is 2. The minimum atomic E-state index is -1.06. The third-order valence-electron chi connectivity index (χ3n) is 2.06. The molecule has 1 rings (SSSR count). The van der Waals surface area contributed by atoms with Gasteiger partial charge in [-0.3, -0.25) is 4.79 Å². The number of carboxylic acid groups (broad SMARTS) is 1. The molecule has 86 valence electrons. The number of nitrogens with zero attached hydrogens (tertiary/aromatic N) is 1. The molecular formula is C11H14N2O3. The molecule has 5 nitrogen and oxygen atoms in total. The molecule has 1 amide bonds. The number of carbonyl (C=O) groups excluding carboxylic acids is 1. The summed E-state index contributed by atoms with van der Waals surface area (Å²) in [6.45, 7) is 1.34. The van der Waals surface area contributed by atoms with E-state index in [0.717, 1.165) is 5.69 Å². The lowest BCUT2D eigenvalue weighted by atomic mass is 10.1. The summed E-state index contributed by atoms with van der Waals surface area (Å²) in [5.74, 6) is -1.35. The van der Waals surface area contributed by atoms with Crippen LogP contribution < -0.4 is 10.2 Å². The molecule has 0 unspecified atom stereocenters. The molecule has 0 aliphatic carbocycles. The van der Waals surface area contributed by atoms with Crippen LogP contribution in [0.5, 0.6) is 0 Å². The van der Waals surface area contributed by atoms with E-state index in [0.29, 0.717) is 5.69 Å². The zero-order valence-electron chi connectivity index (χ0n) is 9.44. The fourth-order valence-corrected chi connectivity index (χ4v) is 1.29. The lowest BCUT2D eigenvalue weighted by molar-refractivity contribution is -0.114. The van der Waals surface area contributed by atoms with Crippen LogP contribution in [-0.2, 0) is 4.79 Å². The van der Waals surface area contributed by atoms with Crippen molar-refractivity contribution in [1.82, 2.24) is 0 Å². The summed E-state index contributed by atoms with van der Waals surface area (Å²) < 4.78 is 0. The van der Waals surface area contributed by atoms with E-state index in [1.807, 2.05) is 14.1 Å². The highest BCUT2D eigenvalue weighted by Crippen LogP contribution is 2.22. The Bertz CT molecular complexity index is 427. The number of amides is 1. The zero-order chi connectivity index (χ0) is 12.3. The molecule has 0 spiro atoms. The maximum absolute atomic E-state index is 11.0. The highest BCUT2D eigenvalue weighted by atomic mass is 16.4. The molecule has 0 heterocycles. The Morgan fingerprint density at radius 2 is 1.94 bits per heavy atom. The summed E-state index contributed by atoms with van der Waals surface area (Å²) in [6.07, 6.45) is 0. The van der Waals surface area contributed by atoms with E-state index < -0.39 is 5.97 Å². The molecule has 2 N–H and O–H groups in total. The lowest BCUT2D eigenvalue weighted by Gasteiger charge is -2.15. The van der Waals surface area contributed by atoms with Gasteiger partial charge < -0.3 is 15.3 Å². The van der Waals surface area contributed by atoms with E-state index >= 15 is 0 Å². The van der Waals surface area contributed by atoms with Crippen LogP contribution in [0.2, 0.25) is 0 Å². The number of hydrogen-bond acceptors (Lipinski definition) is 3. The van der Waals surface area contributed by atoms with Crippen LogP contribution in [0.1, 0.15) is 17.3 Å². The van der Waals surface area contributed by atoms with Crippen LogP contribution in [-0.4, -0.2) is 31.1 Å². The number of carbonyl (C=O) groups is 2. The number of carboxylic acids is 1. The van der Waals surface area contributed by atoms with Gasteiger partial charge in [0.15, 0.2) is 0 Å². The fourth-order valence-electron chi connectivity index (χ4n) is 1.29. The third kappa shape index (κ3) is 2.73. The van der Waals surface area contributed by atoms with Crippen LogP contribution in [0, 0.1) is 0 Å². The fraction of sp³-hybridized carbons (Fsp3) is 0.273. The minimum absolute atomic E-state index is 0.0846. The van der Waals surface area contributed by atoms with Crippen LogP contribution >= 0.6 is 0 Å².